The first kappa shape index (κ1) is 17.7. The van der Waals surface area contributed by atoms with Gasteiger partial charge in [0.1, 0.15) is 5.75 Å². The second-order valence-corrected chi connectivity index (χ2v) is 6.67. The second-order valence-electron chi connectivity index (χ2n) is 6.67. The number of amides is 2. The molecule has 0 spiro atoms. The maximum absolute atomic E-state index is 11.8. The standard InChI is InChI=1S/C19H27N3O3/c1-25-17-8-6-16(7-9-17)21-14-12-20(13-15-21)10-3-11-22-18(23)4-2-5-19(22)24/h6-9H,2-5,10-15H2,1H3. The van der Waals surface area contributed by atoms with Crippen LogP contribution in [0.4, 0.5) is 5.69 Å². The number of piperazine rings is 1. The lowest BCUT2D eigenvalue weighted by molar-refractivity contribution is -0.148. The van der Waals surface area contributed by atoms with Crippen LogP contribution in [0.2, 0.25) is 0 Å². The summed E-state index contributed by atoms with van der Waals surface area (Å²) in [5.74, 6) is 0.880. The van der Waals surface area contributed by atoms with Crippen molar-refractivity contribution in [3.05, 3.63) is 24.3 Å². The highest BCUT2D eigenvalue weighted by molar-refractivity contribution is 5.97. The molecule has 136 valence electrons. The van der Waals surface area contributed by atoms with Crippen molar-refractivity contribution in [3.8, 4) is 5.75 Å². The monoisotopic (exact) mass is 345 g/mol. The molecule has 2 fully saturated rings. The van der Waals surface area contributed by atoms with Crippen molar-refractivity contribution in [3.63, 3.8) is 0 Å². The summed E-state index contributed by atoms with van der Waals surface area (Å²) in [7, 11) is 1.68. The van der Waals surface area contributed by atoms with Crippen LogP contribution < -0.4 is 9.64 Å². The number of anilines is 1. The smallest absolute Gasteiger partial charge is 0.229 e. The number of carbonyl (C=O) groups is 2. The van der Waals surface area contributed by atoms with Gasteiger partial charge in [0.25, 0.3) is 0 Å². The predicted molar refractivity (Wildman–Crippen MR) is 96.8 cm³/mol. The van der Waals surface area contributed by atoms with Gasteiger partial charge in [-0.15, -0.1) is 0 Å². The molecule has 2 aliphatic rings. The van der Waals surface area contributed by atoms with Gasteiger partial charge in [0.05, 0.1) is 7.11 Å². The van der Waals surface area contributed by atoms with Crippen LogP contribution in [0.1, 0.15) is 25.7 Å². The van der Waals surface area contributed by atoms with E-state index in [1.807, 2.05) is 12.1 Å². The van der Waals surface area contributed by atoms with Gasteiger partial charge in [-0.05, 0) is 43.7 Å². The van der Waals surface area contributed by atoms with Crippen LogP contribution in [-0.4, -0.2) is 68.0 Å². The van der Waals surface area contributed by atoms with Crippen molar-refractivity contribution in [1.29, 1.82) is 0 Å². The number of piperidine rings is 1. The van der Waals surface area contributed by atoms with E-state index in [1.165, 1.54) is 10.6 Å². The Morgan fingerprint density at radius 2 is 1.56 bits per heavy atom. The molecule has 0 N–H and O–H groups in total. The van der Waals surface area contributed by atoms with Crippen molar-refractivity contribution in [2.45, 2.75) is 25.7 Å². The van der Waals surface area contributed by atoms with E-state index in [2.05, 4.69) is 21.9 Å². The molecule has 6 heteroatoms. The molecule has 2 heterocycles. The summed E-state index contributed by atoms with van der Waals surface area (Å²) < 4.78 is 5.20. The average molecular weight is 345 g/mol. The normalized spacial score (nSPS) is 19.4. The number of carbonyl (C=O) groups excluding carboxylic acids is 2. The van der Waals surface area contributed by atoms with E-state index >= 15 is 0 Å². The Labute approximate surface area is 149 Å². The predicted octanol–water partition coefficient (Wildman–Crippen LogP) is 1.75. The summed E-state index contributed by atoms with van der Waals surface area (Å²) in [6, 6.07) is 8.19. The molecule has 2 saturated heterocycles. The summed E-state index contributed by atoms with van der Waals surface area (Å²) in [4.78, 5) is 29.9. The zero-order valence-corrected chi connectivity index (χ0v) is 14.9. The quantitative estimate of drug-likeness (QED) is 0.735. The lowest BCUT2D eigenvalue weighted by Gasteiger charge is -2.36. The van der Waals surface area contributed by atoms with E-state index in [0.717, 1.165) is 44.9 Å². The summed E-state index contributed by atoms with van der Waals surface area (Å²) >= 11 is 0. The lowest BCUT2D eigenvalue weighted by Crippen LogP contribution is -2.47. The largest absolute Gasteiger partial charge is 0.497 e. The first-order valence-corrected chi connectivity index (χ1v) is 9.12. The van der Waals surface area contributed by atoms with E-state index in [4.69, 9.17) is 4.74 Å². The molecule has 1 aromatic rings. The fraction of sp³-hybridized carbons (Fsp3) is 0.579. The van der Waals surface area contributed by atoms with Crippen LogP contribution in [0.15, 0.2) is 24.3 Å². The first-order valence-electron chi connectivity index (χ1n) is 9.12. The van der Waals surface area contributed by atoms with Crippen molar-refractivity contribution >= 4 is 17.5 Å². The number of ether oxygens (including phenoxy) is 1. The molecule has 0 aliphatic carbocycles. The zero-order valence-electron chi connectivity index (χ0n) is 14.9. The third-order valence-corrected chi connectivity index (χ3v) is 5.05. The first-order chi connectivity index (χ1) is 12.2. The van der Waals surface area contributed by atoms with Crippen LogP contribution in [0.3, 0.4) is 0 Å². The minimum atomic E-state index is 0.000532. The highest BCUT2D eigenvalue weighted by atomic mass is 16.5. The van der Waals surface area contributed by atoms with Gasteiger partial charge < -0.3 is 9.64 Å². The number of hydrogen-bond donors (Lipinski definition) is 0. The van der Waals surface area contributed by atoms with Crippen molar-refractivity contribution < 1.29 is 14.3 Å². The summed E-state index contributed by atoms with van der Waals surface area (Å²) in [5, 5.41) is 0. The highest BCUT2D eigenvalue weighted by Crippen LogP contribution is 2.20. The topological polar surface area (TPSA) is 53.1 Å². The SMILES string of the molecule is COc1ccc(N2CCN(CCCN3C(=O)CCCC3=O)CC2)cc1. The second kappa shape index (κ2) is 8.34. The number of benzene rings is 1. The number of likely N-dealkylation sites (tertiary alicyclic amines) is 1. The van der Waals surface area contributed by atoms with Crippen LogP contribution in [-0.2, 0) is 9.59 Å². The lowest BCUT2D eigenvalue weighted by atomic mass is 10.1. The molecule has 1 aromatic carbocycles. The number of methoxy groups -OCH3 is 1. The molecule has 0 radical (unpaired) electrons. The molecular formula is C19H27N3O3. The fourth-order valence-corrected chi connectivity index (χ4v) is 3.52. The van der Waals surface area contributed by atoms with E-state index < -0.39 is 0 Å². The van der Waals surface area contributed by atoms with Gasteiger partial charge in [-0.2, -0.15) is 0 Å². The molecule has 2 aliphatic heterocycles. The van der Waals surface area contributed by atoms with Crippen LogP contribution in [0.5, 0.6) is 5.75 Å². The number of nitrogens with zero attached hydrogens (tertiary/aromatic N) is 3. The number of imide groups is 1. The number of rotatable bonds is 6. The molecule has 0 atom stereocenters. The number of hydrogen-bond acceptors (Lipinski definition) is 5. The van der Waals surface area contributed by atoms with E-state index in [1.54, 1.807) is 7.11 Å². The Morgan fingerprint density at radius 3 is 2.16 bits per heavy atom. The Balaban J connectivity index is 1.40. The Hall–Kier alpha value is -2.08. The van der Waals surface area contributed by atoms with Gasteiger partial charge in [0.15, 0.2) is 0 Å². The molecule has 0 unspecified atom stereocenters. The van der Waals surface area contributed by atoms with Gasteiger partial charge in [0.2, 0.25) is 11.8 Å². The van der Waals surface area contributed by atoms with Crippen LogP contribution >= 0.6 is 0 Å². The van der Waals surface area contributed by atoms with E-state index in [9.17, 15) is 9.59 Å². The van der Waals surface area contributed by atoms with Crippen LogP contribution in [0, 0.1) is 0 Å². The summed E-state index contributed by atoms with van der Waals surface area (Å²) in [6.45, 7) is 5.51. The molecule has 6 nitrogen and oxygen atoms in total. The minimum absolute atomic E-state index is 0.000532. The average Bonchev–Trinajstić information content (AvgIpc) is 2.65. The molecule has 0 saturated carbocycles. The van der Waals surface area contributed by atoms with Crippen LogP contribution in [0.25, 0.3) is 0 Å². The van der Waals surface area contributed by atoms with Crippen molar-refractivity contribution in [2.75, 3.05) is 51.3 Å². The summed E-state index contributed by atoms with van der Waals surface area (Å²) in [6.07, 6.45) is 2.61. The summed E-state index contributed by atoms with van der Waals surface area (Å²) in [5.41, 5.74) is 1.23. The van der Waals surface area contributed by atoms with E-state index in [0.29, 0.717) is 25.8 Å². The maximum Gasteiger partial charge on any atom is 0.229 e. The van der Waals surface area contributed by atoms with Gasteiger partial charge >= 0.3 is 0 Å². The molecule has 3 rings (SSSR count). The van der Waals surface area contributed by atoms with Gasteiger partial charge in [0, 0.05) is 51.3 Å². The minimum Gasteiger partial charge on any atom is -0.497 e. The Morgan fingerprint density at radius 1 is 0.920 bits per heavy atom. The van der Waals surface area contributed by atoms with Crippen molar-refractivity contribution in [2.24, 2.45) is 0 Å². The highest BCUT2D eigenvalue weighted by Gasteiger charge is 2.25. The Bertz CT molecular complexity index is 578. The molecule has 0 aromatic heterocycles. The van der Waals surface area contributed by atoms with Gasteiger partial charge in [-0.1, -0.05) is 0 Å². The van der Waals surface area contributed by atoms with Crippen molar-refractivity contribution in [1.82, 2.24) is 9.80 Å². The molecule has 2 amide bonds. The maximum atomic E-state index is 11.8. The van der Waals surface area contributed by atoms with E-state index in [-0.39, 0.29) is 11.8 Å². The molecule has 25 heavy (non-hydrogen) atoms. The van der Waals surface area contributed by atoms with Gasteiger partial charge in [-0.3, -0.25) is 19.4 Å². The Kier molecular flexibility index (Phi) is 5.91. The third kappa shape index (κ3) is 4.51. The molecular weight excluding hydrogens is 318 g/mol. The molecule has 0 bridgehead atoms. The van der Waals surface area contributed by atoms with Gasteiger partial charge in [-0.25, -0.2) is 0 Å². The zero-order chi connectivity index (χ0) is 17.6. The fourth-order valence-electron chi connectivity index (χ4n) is 3.52. The third-order valence-electron chi connectivity index (χ3n) is 5.05.